The first-order valence-electron chi connectivity index (χ1n) is 4.07. The number of rotatable bonds is 3. The monoisotopic (exact) mass is 228 g/mol. The van der Waals surface area contributed by atoms with Gasteiger partial charge in [0.25, 0.3) is 6.43 Å². The molecule has 0 fully saturated rings. The first-order valence-corrected chi connectivity index (χ1v) is 4.07. The second-order valence-corrected chi connectivity index (χ2v) is 2.77. The maximum atomic E-state index is 12.5. The van der Waals surface area contributed by atoms with Crippen LogP contribution in [-0.4, -0.2) is 9.91 Å². The van der Waals surface area contributed by atoms with E-state index in [-0.39, 0.29) is 12.2 Å². The molecule has 0 aliphatic carbocycles. The Kier molecular flexibility index (Phi) is 3.42. The molecular weight excluding hydrogens is 222 g/mol. The fourth-order valence-electron chi connectivity index (χ4n) is 1.15. The van der Waals surface area contributed by atoms with Crippen LogP contribution in [0.5, 0.6) is 0 Å². The molecule has 16 heavy (non-hydrogen) atoms. The fraction of sp³-hybridized carbons (Fsp3) is 0.250. The van der Waals surface area contributed by atoms with Crippen LogP contribution in [-0.2, 0) is 6.54 Å². The van der Waals surface area contributed by atoms with Crippen LogP contribution in [0.1, 0.15) is 23.2 Å². The van der Waals surface area contributed by atoms with E-state index in [2.05, 4.69) is 4.98 Å². The van der Waals surface area contributed by atoms with Gasteiger partial charge < -0.3 is 15.8 Å². The molecule has 84 valence electrons. The molecule has 1 heterocycles. The maximum Gasteiger partial charge on any atom is 0.364 e. The summed E-state index contributed by atoms with van der Waals surface area (Å²) in [5.41, 5.74) is 3.86. The number of nitrogens with two attached hydrogens (primary N) is 1. The molecule has 0 unspecified atom stereocenters. The van der Waals surface area contributed by atoms with E-state index in [0.29, 0.717) is 6.07 Å². The Morgan fingerprint density at radius 3 is 2.69 bits per heavy atom. The van der Waals surface area contributed by atoms with Crippen LogP contribution in [0.4, 0.5) is 14.6 Å². The van der Waals surface area contributed by atoms with E-state index in [0.717, 1.165) is 0 Å². The second kappa shape index (κ2) is 4.59. The van der Waals surface area contributed by atoms with Gasteiger partial charge in [0.1, 0.15) is 11.6 Å². The van der Waals surface area contributed by atoms with E-state index in [1.165, 1.54) is 6.07 Å². The zero-order chi connectivity index (χ0) is 12.3. The molecule has 0 spiro atoms. The molecule has 1 aromatic rings. The van der Waals surface area contributed by atoms with Gasteiger partial charge in [-0.3, -0.25) is 0 Å². The van der Waals surface area contributed by atoms with Crippen LogP contribution < -0.4 is 5.73 Å². The van der Waals surface area contributed by atoms with Gasteiger partial charge in [-0.1, -0.05) is 0 Å². The lowest BCUT2D eigenvalue weighted by Gasteiger charge is -2.04. The van der Waals surface area contributed by atoms with E-state index in [4.69, 9.17) is 11.0 Å². The predicted molar refractivity (Wildman–Crippen MR) is 48.5 cm³/mol. The van der Waals surface area contributed by atoms with Gasteiger partial charge >= 0.3 is 5.82 Å². The number of pyridine rings is 1. The number of halogens is 2. The zero-order valence-electron chi connectivity index (χ0n) is 7.85. The first kappa shape index (κ1) is 11.9. The Labute approximate surface area is 88.5 Å². The van der Waals surface area contributed by atoms with E-state index in [9.17, 15) is 18.9 Å². The average molecular weight is 228 g/mol. The third-order valence-electron chi connectivity index (χ3n) is 1.84. The summed E-state index contributed by atoms with van der Waals surface area (Å²) in [6.07, 6.45) is -2.98. The largest absolute Gasteiger partial charge is 0.364 e. The van der Waals surface area contributed by atoms with Gasteiger partial charge in [-0.15, -0.1) is 0 Å². The summed E-state index contributed by atoms with van der Waals surface area (Å²) in [6, 6.07) is 2.10. The number of nitro groups is 1. The van der Waals surface area contributed by atoms with Crippen molar-refractivity contribution >= 4 is 5.82 Å². The van der Waals surface area contributed by atoms with Crippen molar-refractivity contribution in [3.8, 4) is 6.07 Å². The lowest BCUT2D eigenvalue weighted by Crippen LogP contribution is -2.08. The number of hydrogen-bond donors (Lipinski definition) is 1. The molecule has 0 aliphatic rings. The van der Waals surface area contributed by atoms with Crippen molar-refractivity contribution in [1.82, 2.24) is 4.98 Å². The van der Waals surface area contributed by atoms with Crippen molar-refractivity contribution in [1.29, 1.82) is 5.26 Å². The minimum absolute atomic E-state index is 0.202. The van der Waals surface area contributed by atoms with Gasteiger partial charge in [-0.25, -0.2) is 8.78 Å². The topological polar surface area (TPSA) is 106 Å². The summed E-state index contributed by atoms with van der Waals surface area (Å²) in [4.78, 5) is 12.9. The minimum atomic E-state index is -2.98. The SMILES string of the molecule is N#Cc1c(C(F)F)cc([N+](=O)[O-])nc1CN. The molecule has 0 atom stereocenters. The smallest absolute Gasteiger partial charge is 0.358 e. The van der Waals surface area contributed by atoms with E-state index < -0.39 is 28.3 Å². The average Bonchev–Trinajstić information content (AvgIpc) is 2.26. The quantitative estimate of drug-likeness (QED) is 0.619. The van der Waals surface area contributed by atoms with Crippen LogP contribution in [0.25, 0.3) is 0 Å². The standard InChI is InChI=1S/C8H6F2N4O2/c9-8(10)4-1-7(14(15)16)13-6(3-12)5(4)2-11/h1,8H,3,12H2. The minimum Gasteiger partial charge on any atom is -0.358 e. The number of hydrogen-bond acceptors (Lipinski definition) is 5. The molecule has 1 rings (SSSR count). The van der Waals surface area contributed by atoms with Crippen LogP contribution in [0.2, 0.25) is 0 Å². The van der Waals surface area contributed by atoms with Gasteiger partial charge in [0.2, 0.25) is 0 Å². The molecule has 0 saturated heterocycles. The Hall–Kier alpha value is -2.14. The van der Waals surface area contributed by atoms with Crippen LogP contribution >= 0.6 is 0 Å². The molecule has 0 aromatic carbocycles. The molecule has 0 aliphatic heterocycles. The number of aromatic nitrogens is 1. The third-order valence-corrected chi connectivity index (χ3v) is 1.84. The van der Waals surface area contributed by atoms with Crippen molar-refractivity contribution in [2.45, 2.75) is 13.0 Å². The van der Waals surface area contributed by atoms with E-state index in [1.54, 1.807) is 0 Å². The van der Waals surface area contributed by atoms with Crippen molar-refractivity contribution in [2.75, 3.05) is 0 Å². The molecule has 6 nitrogen and oxygen atoms in total. The summed E-state index contributed by atoms with van der Waals surface area (Å²) in [5, 5.41) is 19.1. The van der Waals surface area contributed by atoms with Gasteiger partial charge in [-0.05, 0) is 9.91 Å². The summed E-state index contributed by atoms with van der Waals surface area (Å²) in [6.45, 7) is -0.315. The highest BCUT2D eigenvalue weighted by atomic mass is 19.3. The number of nitriles is 1. The second-order valence-electron chi connectivity index (χ2n) is 2.77. The highest BCUT2D eigenvalue weighted by Crippen LogP contribution is 2.27. The van der Waals surface area contributed by atoms with Crippen LogP contribution in [0.15, 0.2) is 6.07 Å². The van der Waals surface area contributed by atoms with Crippen molar-refractivity contribution < 1.29 is 13.7 Å². The lowest BCUT2D eigenvalue weighted by atomic mass is 10.1. The Morgan fingerprint density at radius 1 is 1.69 bits per heavy atom. The molecule has 0 saturated carbocycles. The predicted octanol–water partition coefficient (Wildman–Crippen LogP) is 1.26. The molecule has 0 amide bonds. The van der Waals surface area contributed by atoms with Gasteiger partial charge in [-0.2, -0.15) is 5.26 Å². The van der Waals surface area contributed by atoms with Gasteiger partial charge in [0.05, 0.1) is 6.54 Å². The Balaban J connectivity index is 3.51. The summed E-state index contributed by atoms with van der Waals surface area (Å²) >= 11 is 0. The Morgan fingerprint density at radius 2 is 2.31 bits per heavy atom. The van der Waals surface area contributed by atoms with Crippen LogP contribution in [0, 0.1) is 21.4 Å². The maximum absolute atomic E-state index is 12.5. The van der Waals surface area contributed by atoms with E-state index in [1.807, 2.05) is 0 Å². The number of alkyl halides is 2. The Bertz CT molecular complexity index is 470. The zero-order valence-corrected chi connectivity index (χ0v) is 7.85. The fourth-order valence-corrected chi connectivity index (χ4v) is 1.15. The third kappa shape index (κ3) is 2.09. The number of nitrogens with zero attached hydrogens (tertiary/aromatic N) is 3. The molecule has 1 aromatic heterocycles. The normalized spacial score (nSPS) is 10.2. The van der Waals surface area contributed by atoms with Gasteiger partial charge in [0.15, 0.2) is 5.69 Å². The van der Waals surface area contributed by atoms with Crippen LogP contribution in [0.3, 0.4) is 0 Å². The molecule has 0 radical (unpaired) electrons. The lowest BCUT2D eigenvalue weighted by molar-refractivity contribution is -0.389. The van der Waals surface area contributed by atoms with Crippen molar-refractivity contribution in [2.24, 2.45) is 5.73 Å². The van der Waals surface area contributed by atoms with E-state index >= 15 is 0 Å². The molecule has 0 bridgehead atoms. The first-order chi connectivity index (χ1) is 7.51. The molecule has 2 N–H and O–H groups in total. The highest BCUT2D eigenvalue weighted by Gasteiger charge is 2.24. The molecular formula is C8H6F2N4O2. The van der Waals surface area contributed by atoms with Crippen molar-refractivity contribution in [3.63, 3.8) is 0 Å². The van der Waals surface area contributed by atoms with Gasteiger partial charge in [0, 0.05) is 11.6 Å². The summed E-state index contributed by atoms with van der Waals surface area (Å²) in [7, 11) is 0. The summed E-state index contributed by atoms with van der Waals surface area (Å²) < 4.78 is 25.1. The molecule has 8 heteroatoms. The van der Waals surface area contributed by atoms with Crippen molar-refractivity contribution in [3.05, 3.63) is 33.0 Å². The highest BCUT2D eigenvalue weighted by molar-refractivity contribution is 5.46. The summed E-state index contributed by atoms with van der Waals surface area (Å²) in [5.74, 6) is -0.741.